The second-order valence-electron chi connectivity index (χ2n) is 3.62. The van der Waals surface area contributed by atoms with E-state index in [1.807, 2.05) is 0 Å². The molecule has 3 heteroatoms. The van der Waals surface area contributed by atoms with Crippen LogP contribution in [-0.4, -0.2) is 7.55 Å². The maximum absolute atomic E-state index is 6.32. The molecular formula is C8H18ClNSi. The molecule has 0 radical (unpaired) electrons. The average Bonchev–Trinajstić information content (AvgIpc) is 2.06. The Balaban J connectivity index is 2.43. The fourth-order valence-electron chi connectivity index (χ4n) is 1.87. The molecule has 11 heavy (non-hydrogen) atoms. The van der Waals surface area contributed by atoms with E-state index in [0.29, 0.717) is 5.54 Å². The van der Waals surface area contributed by atoms with Crippen molar-refractivity contribution in [2.24, 2.45) is 5.40 Å². The van der Waals surface area contributed by atoms with Gasteiger partial charge in [-0.25, -0.2) is 0 Å². The predicted molar refractivity (Wildman–Crippen MR) is 53.1 cm³/mol. The average molecular weight is 192 g/mol. The standard InChI is InChI=1S/C8H18ClNSi/c1-2-11(9,10)8-6-4-3-5-7-8/h8H,2-7,10H2,1H3. The monoisotopic (exact) mass is 191 g/mol. The molecule has 0 aromatic heterocycles. The first-order valence-electron chi connectivity index (χ1n) is 4.64. The van der Waals surface area contributed by atoms with E-state index in [-0.39, 0.29) is 0 Å². The Kier molecular flexibility index (Phi) is 3.41. The van der Waals surface area contributed by atoms with E-state index in [1.165, 1.54) is 32.1 Å². The van der Waals surface area contributed by atoms with Gasteiger partial charge in [0.15, 0.2) is 0 Å². The third-order valence-corrected chi connectivity index (χ3v) is 7.57. The van der Waals surface area contributed by atoms with Crippen LogP contribution in [0.2, 0.25) is 11.6 Å². The van der Waals surface area contributed by atoms with Gasteiger partial charge in [0.1, 0.15) is 0 Å². The van der Waals surface area contributed by atoms with Gasteiger partial charge in [0, 0.05) is 0 Å². The van der Waals surface area contributed by atoms with Crippen LogP contribution in [0.1, 0.15) is 39.0 Å². The van der Waals surface area contributed by atoms with Gasteiger partial charge < -0.3 is 5.40 Å². The first kappa shape index (κ1) is 9.55. The first-order valence-corrected chi connectivity index (χ1v) is 8.02. The molecule has 1 unspecified atom stereocenters. The fourth-order valence-corrected chi connectivity index (χ4v) is 4.47. The Morgan fingerprint density at radius 2 is 1.91 bits per heavy atom. The molecular weight excluding hydrogens is 174 g/mol. The van der Waals surface area contributed by atoms with Crippen molar-refractivity contribution < 1.29 is 0 Å². The smallest absolute Gasteiger partial charge is 0.226 e. The van der Waals surface area contributed by atoms with Gasteiger partial charge in [-0.15, -0.1) is 11.1 Å². The van der Waals surface area contributed by atoms with Gasteiger partial charge >= 0.3 is 0 Å². The molecule has 0 spiro atoms. The molecule has 0 aromatic carbocycles. The van der Waals surface area contributed by atoms with Crippen LogP contribution in [0.4, 0.5) is 0 Å². The number of hydrogen-bond acceptors (Lipinski definition) is 1. The van der Waals surface area contributed by atoms with E-state index in [1.54, 1.807) is 0 Å². The second kappa shape index (κ2) is 3.92. The van der Waals surface area contributed by atoms with E-state index in [4.69, 9.17) is 16.5 Å². The molecule has 0 amide bonds. The molecule has 2 N–H and O–H groups in total. The van der Waals surface area contributed by atoms with Crippen molar-refractivity contribution in [3.05, 3.63) is 0 Å². The third-order valence-electron chi connectivity index (χ3n) is 2.83. The zero-order chi connectivity index (χ0) is 8.32. The summed E-state index contributed by atoms with van der Waals surface area (Å²) in [5, 5.41) is 6.10. The Hall–Kier alpha value is 0.467. The lowest BCUT2D eigenvalue weighted by atomic mass is 10.0. The van der Waals surface area contributed by atoms with Crippen LogP contribution in [0.15, 0.2) is 0 Å². The van der Waals surface area contributed by atoms with Crippen LogP contribution >= 0.6 is 11.1 Å². The quantitative estimate of drug-likeness (QED) is 0.527. The number of hydrogen-bond donors (Lipinski definition) is 1. The van der Waals surface area contributed by atoms with E-state index in [9.17, 15) is 0 Å². The fraction of sp³-hybridized carbons (Fsp3) is 1.00. The molecule has 1 fully saturated rings. The first-order chi connectivity index (χ1) is 5.17. The highest BCUT2D eigenvalue weighted by Gasteiger charge is 2.34. The minimum atomic E-state index is -1.80. The Morgan fingerprint density at radius 1 is 1.36 bits per heavy atom. The van der Waals surface area contributed by atoms with Crippen LogP contribution in [-0.2, 0) is 0 Å². The highest BCUT2D eigenvalue weighted by molar-refractivity contribution is 7.19. The Morgan fingerprint density at radius 3 is 2.36 bits per heavy atom. The number of halogens is 1. The maximum atomic E-state index is 6.32. The minimum absolute atomic E-state index is 0.697. The minimum Gasteiger partial charge on any atom is -0.339 e. The summed E-state index contributed by atoms with van der Waals surface area (Å²) < 4.78 is 0. The highest BCUT2D eigenvalue weighted by atomic mass is 35.6. The zero-order valence-electron chi connectivity index (χ0n) is 7.28. The van der Waals surface area contributed by atoms with E-state index in [0.717, 1.165) is 6.04 Å². The summed E-state index contributed by atoms with van der Waals surface area (Å²) in [7, 11) is -1.80. The molecule has 0 heterocycles. The summed E-state index contributed by atoms with van der Waals surface area (Å²) in [6.45, 7) is 2.13. The predicted octanol–water partition coefficient (Wildman–Crippen LogP) is 2.98. The Bertz CT molecular complexity index is 121. The van der Waals surface area contributed by atoms with Crippen LogP contribution in [0.25, 0.3) is 0 Å². The highest BCUT2D eigenvalue weighted by Crippen LogP contribution is 2.37. The second-order valence-corrected chi connectivity index (χ2v) is 9.10. The lowest BCUT2D eigenvalue weighted by molar-refractivity contribution is 0.493. The van der Waals surface area contributed by atoms with Gasteiger partial charge in [-0.2, -0.15) is 0 Å². The molecule has 0 aliphatic heterocycles. The molecule has 0 saturated heterocycles. The number of nitrogens with two attached hydrogens (primary N) is 1. The largest absolute Gasteiger partial charge is 0.339 e. The van der Waals surface area contributed by atoms with Crippen molar-refractivity contribution in [3.8, 4) is 0 Å². The van der Waals surface area contributed by atoms with Crippen LogP contribution in [0.3, 0.4) is 0 Å². The van der Waals surface area contributed by atoms with E-state index in [2.05, 4.69) is 6.92 Å². The summed E-state index contributed by atoms with van der Waals surface area (Å²) in [5.41, 5.74) is 0.697. The summed E-state index contributed by atoms with van der Waals surface area (Å²) in [6.07, 6.45) is 6.67. The molecule has 66 valence electrons. The molecule has 1 saturated carbocycles. The van der Waals surface area contributed by atoms with Gasteiger partial charge in [-0.1, -0.05) is 39.0 Å². The summed E-state index contributed by atoms with van der Waals surface area (Å²) in [4.78, 5) is 0. The van der Waals surface area contributed by atoms with Gasteiger partial charge in [-0.3, -0.25) is 0 Å². The van der Waals surface area contributed by atoms with Gasteiger partial charge in [-0.05, 0) is 11.6 Å². The molecule has 1 atom stereocenters. The van der Waals surface area contributed by atoms with Crippen molar-refractivity contribution in [1.29, 1.82) is 0 Å². The number of rotatable bonds is 2. The van der Waals surface area contributed by atoms with Gasteiger partial charge in [0.2, 0.25) is 7.55 Å². The summed E-state index contributed by atoms with van der Waals surface area (Å²) in [6, 6.07) is 1.03. The van der Waals surface area contributed by atoms with Crippen molar-refractivity contribution >= 4 is 18.6 Å². The van der Waals surface area contributed by atoms with Crippen LogP contribution in [0, 0.1) is 0 Å². The summed E-state index contributed by atoms with van der Waals surface area (Å²) >= 11 is 6.32. The lowest BCUT2D eigenvalue weighted by Gasteiger charge is -2.31. The summed E-state index contributed by atoms with van der Waals surface area (Å²) in [5.74, 6) is 0. The molecule has 0 aromatic rings. The van der Waals surface area contributed by atoms with E-state index < -0.39 is 7.55 Å². The van der Waals surface area contributed by atoms with Crippen molar-refractivity contribution in [3.63, 3.8) is 0 Å². The van der Waals surface area contributed by atoms with Crippen molar-refractivity contribution in [2.75, 3.05) is 0 Å². The lowest BCUT2D eigenvalue weighted by Crippen LogP contribution is -2.44. The topological polar surface area (TPSA) is 26.0 Å². The molecule has 0 bridgehead atoms. The van der Waals surface area contributed by atoms with Gasteiger partial charge in [0.05, 0.1) is 0 Å². The normalized spacial score (nSPS) is 26.5. The molecule has 1 aliphatic rings. The maximum Gasteiger partial charge on any atom is 0.226 e. The van der Waals surface area contributed by atoms with E-state index >= 15 is 0 Å². The van der Waals surface area contributed by atoms with Crippen molar-refractivity contribution in [1.82, 2.24) is 0 Å². The van der Waals surface area contributed by atoms with Crippen LogP contribution in [0.5, 0.6) is 0 Å². The molecule has 1 rings (SSSR count). The SMILES string of the molecule is CC[Si](N)(Cl)C1CCCCC1. The van der Waals surface area contributed by atoms with Gasteiger partial charge in [0.25, 0.3) is 0 Å². The van der Waals surface area contributed by atoms with Crippen molar-refractivity contribution in [2.45, 2.75) is 50.6 Å². The third kappa shape index (κ3) is 2.46. The van der Waals surface area contributed by atoms with Crippen LogP contribution < -0.4 is 5.40 Å². The molecule has 1 nitrogen and oxygen atoms in total. The zero-order valence-corrected chi connectivity index (χ0v) is 9.03. The Labute approximate surface area is 75.1 Å². The molecule has 1 aliphatic carbocycles.